The minimum Gasteiger partial charge on any atom is -0.497 e. The van der Waals surface area contributed by atoms with Gasteiger partial charge in [0.2, 0.25) is 0 Å². The lowest BCUT2D eigenvalue weighted by molar-refractivity contribution is -0.137. The number of carbonyl (C=O) groups excluding carboxylic acids is 2. The molecule has 0 aliphatic rings. The van der Waals surface area contributed by atoms with Crippen molar-refractivity contribution in [2.45, 2.75) is 37.7 Å². The molecule has 0 unspecified atom stereocenters. The van der Waals surface area contributed by atoms with Crippen LogP contribution in [0.15, 0.2) is 18.2 Å². The molecule has 8 nitrogen and oxygen atoms in total. The lowest BCUT2D eigenvalue weighted by Crippen LogP contribution is -2.44. The first kappa shape index (κ1) is 23.9. The van der Waals surface area contributed by atoms with Crippen LogP contribution in [0.2, 0.25) is 0 Å². The summed E-state index contributed by atoms with van der Waals surface area (Å²) in [7, 11) is 4.35. The smallest absolute Gasteiger partial charge is 0.408 e. The Kier molecular flexibility index (Phi) is 9.40. The summed E-state index contributed by atoms with van der Waals surface area (Å²) >= 11 is 1.22. The highest BCUT2D eigenvalue weighted by atomic mass is 32.2. The molecule has 1 amide bonds. The van der Waals surface area contributed by atoms with Crippen LogP contribution in [0.4, 0.5) is 4.79 Å². The molecule has 1 aromatic rings. The van der Waals surface area contributed by atoms with Crippen molar-refractivity contribution < 1.29 is 33.6 Å². The van der Waals surface area contributed by atoms with Gasteiger partial charge in [0, 0.05) is 11.6 Å². The van der Waals surface area contributed by atoms with Crippen LogP contribution in [0, 0.1) is 0 Å². The van der Waals surface area contributed by atoms with E-state index in [0.717, 1.165) is 0 Å². The van der Waals surface area contributed by atoms with Crippen molar-refractivity contribution in [3.8, 4) is 11.5 Å². The van der Waals surface area contributed by atoms with Gasteiger partial charge in [-0.25, -0.2) is 4.79 Å². The van der Waals surface area contributed by atoms with Crippen molar-refractivity contribution in [3.63, 3.8) is 0 Å². The van der Waals surface area contributed by atoms with Gasteiger partial charge in [0.05, 0.1) is 45.0 Å². The first-order chi connectivity index (χ1) is 13.1. The first-order valence-electron chi connectivity index (χ1n) is 8.65. The van der Waals surface area contributed by atoms with Gasteiger partial charge in [-0.15, -0.1) is 11.8 Å². The number of aliphatic hydroxyl groups is 1. The van der Waals surface area contributed by atoms with Crippen molar-refractivity contribution in [1.82, 2.24) is 5.32 Å². The molecule has 0 fully saturated rings. The molecule has 0 radical (unpaired) electrons. The Labute approximate surface area is 169 Å². The fourth-order valence-electron chi connectivity index (χ4n) is 2.37. The molecule has 1 aromatic carbocycles. The molecular weight excluding hydrogens is 386 g/mol. The van der Waals surface area contributed by atoms with E-state index in [4.69, 9.17) is 18.9 Å². The normalized spacial score (nSPS) is 13.2. The second-order valence-electron chi connectivity index (χ2n) is 6.85. The van der Waals surface area contributed by atoms with E-state index in [-0.39, 0.29) is 12.4 Å². The van der Waals surface area contributed by atoms with Crippen molar-refractivity contribution in [3.05, 3.63) is 23.8 Å². The monoisotopic (exact) mass is 415 g/mol. The minimum atomic E-state index is -0.730. The van der Waals surface area contributed by atoms with Gasteiger partial charge in [0.25, 0.3) is 0 Å². The highest BCUT2D eigenvalue weighted by molar-refractivity contribution is 8.00. The van der Waals surface area contributed by atoms with Crippen molar-refractivity contribution in [1.29, 1.82) is 0 Å². The number of rotatable bonds is 9. The maximum absolute atomic E-state index is 12.2. The van der Waals surface area contributed by atoms with Crippen LogP contribution < -0.4 is 14.8 Å². The van der Waals surface area contributed by atoms with E-state index < -0.39 is 29.0 Å². The molecule has 0 saturated carbocycles. The number of nitrogens with one attached hydrogen (secondary N) is 1. The van der Waals surface area contributed by atoms with E-state index in [1.165, 1.54) is 26.0 Å². The largest absolute Gasteiger partial charge is 0.497 e. The molecule has 1 rings (SSSR count). The summed E-state index contributed by atoms with van der Waals surface area (Å²) in [5.74, 6) is 0.712. The number of thioether (sulfide) groups is 1. The Morgan fingerprint density at radius 1 is 1.18 bits per heavy atom. The van der Waals surface area contributed by atoms with Gasteiger partial charge in [-0.3, -0.25) is 4.79 Å². The third kappa shape index (κ3) is 7.47. The molecule has 28 heavy (non-hydrogen) atoms. The Morgan fingerprint density at radius 2 is 1.86 bits per heavy atom. The van der Waals surface area contributed by atoms with Crippen LogP contribution in [0.1, 0.15) is 31.6 Å². The summed E-state index contributed by atoms with van der Waals surface area (Å²) in [4.78, 5) is 23.9. The SMILES string of the molecule is COC(=O)CS[C@H](c1ccc(OC)cc1OC)[C@@H](CO)NC(=O)OC(C)(C)C. The number of esters is 1. The van der Waals surface area contributed by atoms with Crippen LogP contribution in [0.25, 0.3) is 0 Å². The molecule has 0 aromatic heterocycles. The van der Waals surface area contributed by atoms with Gasteiger partial charge in [0.15, 0.2) is 0 Å². The molecule has 0 saturated heterocycles. The Hall–Kier alpha value is -2.13. The van der Waals surface area contributed by atoms with E-state index in [0.29, 0.717) is 17.1 Å². The number of carbonyl (C=O) groups is 2. The van der Waals surface area contributed by atoms with E-state index >= 15 is 0 Å². The second kappa shape index (κ2) is 11.0. The molecule has 0 bridgehead atoms. The Bertz CT molecular complexity index is 660. The third-order valence-corrected chi connectivity index (χ3v) is 4.96. The number of hydrogen-bond donors (Lipinski definition) is 2. The van der Waals surface area contributed by atoms with Crippen molar-refractivity contribution in [2.24, 2.45) is 0 Å². The number of ether oxygens (including phenoxy) is 4. The molecule has 9 heteroatoms. The van der Waals surface area contributed by atoms with Crippen molar-refractivity contribution >= 4 is 23.8 Å². The number of methoxy groups -OCH3 is 3. The summed E-state index contributed by atoms with van der Waals surface area (Å²) in [5, 5.41) is 12.1. The van der Waals surface area contributed by atoms with Crippen LogP contribution in [-0.2, 0) is 14.3 Å². The number of hydrogen-bond acceptors (Lipinski definition) is 8. The maximum Gasteiger partial charge on any atom is 0.408 e. The van der Waals surface area contributed by atoms with Gasteiger partial charge >= 0.3 is 12.1 Å². The number of benzene rings is 1. The molecule has 0 heterocycles. The summed E-state index contributed by atoms with van der Waals surface area (Å²) < 4.78 is 20.6. The van der Waals surface area contributed by atoms with Gasteiger partial charge in [-0.2, -0.15) is 0 Å². The summed E-state index contributed by atoms with van der Waals surface area (Å²) in [6.07, 6.45) is -0.664. The summed E-state index contributed by atoms with van der Waals surface area (Å²) in [6.45, 7) is 4.87. The number of aliphatic hydroxyl groups excluding tert-OH is 1. The predicted octanol–water partition coefficient (Wildman–Crippen LogP) is 2.54. The molecule has 0 aliphatic carbocycles. The zero-order valence-corrected chi connectivity index (χ0v) is 17.9. The zero-order valence-electron chi connectivity index (χ0n) is 17.1. The highest BCUT2D eigenvalue weighted by Crippen LogP contribution is 2.39. The van der Waals surface area contributed by atoms with Gasteiger partial charge < -0.3 is 29.4 Å². The molecule has 2 atom stereocenters. The Morgan fingerprint density at radius 3 is 2.36 bits per heavy atom. The third-order valence-electron chi connectivity index (χ3n) is 3.62. The maximum atomic E-state index is 12.2. The van der Waals surface area contributed by atoms with Gasteiger partial charge in [0.1, 0.15) is 17.1 Å². The van der Waals surface area contributed by atoms with Crippen LogP contribution in [-0.4, -0.2) is 62.5 Å². The molecular formula is C19H29NO7S. The Balaban J connectivity index is 3.18. The van der Waals surface area contributed by atoms with Crippen LogP contribution >= 0.6 is 11.8 Å². The van der Waals surface area contributed by atoms with Gasteiger partial charge in [-0.05, 0) is 26.8 Å². The zero-order chi connectivity index (χ0) is 21.3. The summed E-state index contributed by atoms with van der Waals surface area (Å²) in [5.41, 5.74) is 0.00335. The lowest BCUT2D eigenvalue weighted by Gasteiger charge is -2.29. The molecule has 0 spiro atoms. The number of amides is 1. The van der Waals surface area contributed by atoms with E-state index in [2.05, 4.69) is 5.32 Å². The molecule has 0 aliphatic heterocycles. The number of alkyl carbamates (subject to hydrolysis) is 1. The average molecular weight is 416 g/mol. The molecule has 158 valence electrons. The first-order valence-corrected chi connectivity index (χ1v) is 9.70. The predicted molar refractivity (Wildman–Crippen MR) is 107 cm³/mol. The van der Waals surface area contributed by atoms with Crippen molar-refractivity contribution in [2.75, 3.05) is 33.7 Å². The fraction of sp³-hybridized carbons (Fsp3) is 0.579. The van der Waals surface area contributed by atoms with Crippen LogP contribution in [0.5, 0.6) is 11.5 Å². The minimum absolute atomic E-state index is 0.0306. The van der Waals surface area contributed by atoms with E-state index in [1.807, 2.05) is 0 Å². The standard InChI is InChI=1S/C19H29NO7S/c1-19(2,3)27-18(23)20-14(10-21)17(28-11-16(22)26-6)13-8-7-12(24-4)9-15(13)25-5/h7-9,14,17,21H,10-11H2,1-6H3,(H,20,23)/t14-,17-/m1/s1. The highest BCUT2D eigenvalue weighted by Gasteiger charge is 2.30. The van der Waals surface area contributed by atoms with E-state index in [9.17, 15) is 14.7 Å². The van der Waals surface area contributed by atoms with Gasteiger partial charge in [-0.1, -0.05) is 6.07 Å². The lowest BCUT2D eigenvalue weighted by atomic mass is 10.0. The van der Waals surface area contributed by atoms with E-state index in [1.54, 1.807) is 46.1 Å². The molecule has 2 N–H and O–H groups in total. The second-order valence-corrected chi connectivity index (χ2v) is 7.98. The quantitative estimate of drug-likeness (QED) is 0.593. The summed E-state index contributed by atoms with van der Waals surface area (Å²) in [6, 6.07) is 4.48. The van der Waals surface area contributed by atoms with Crippen LogP contribution in [0.3, 0.4) is 0 Å². The average Bonchev–Trinajstić information content (AvgIpc) is 2.65. The fourth-order valence-corrected chi connectivity index (χ4v) is 3.56. The topological polar surface area (TPSA) is 103 Å².